The second-order valence-electron chi connectivity index (χ2n) is 4.89. The highest BCUT2D eigenvalue weighted by Gasteiger charge is 2.06. The molecule has 0 bridgehead atoms. The number of methoxy groups -OCH3 is 1. The molecule has 5 heteroatoms. The van der Waals surface area contributed by atoms with Crippen molar-refractivity contribution < 1.29 is 4.74 Å². The smallest absolute Gasteiger partial charge is 0.205 e. The Morgan fingerprint density at radius 2 is 2.10 bits per heavy atom. The van der Waals surface area contributed by atoms with E-state index in [4.69, 9.17) is 10.5 Å². The maximum atomic E-state index is 5.78. The Balaban J connectivity index is 1.87. The van der Waals surface area contributed by atoms with Crippen LogP contribution in [0.4, 0.5) is 17.3 Å². The summed E-state index contributed by atoms with van der Waals surface area (Å²) in [4.78, 5) is 7.75. The lowest BCUT2D eigenvalue weighted by Gasteiger charge is -2.09. The number of benzene rings is 2. The third-order valence-electron chi connectivity index (χ3n) is 3.35. The van der Waals surface area contributed by atoms with Crippen LogP contribution in [0.5, 0.6) is 0 Å². The van der Waals surface area contributed by atoms with Gasteiger partial charge < -0.3 is 20.8 Å². The molecule has 0 radical (unpaired) electrons. The molecule has 0 saturated carbocycles. The fraction of sp³-hybridized carbons (Fsp3) is 0.188. The van der Waals surface area contributed by atoms with Crippen LogP contribution < -0.4 is 11.1 Å². The molecule has 0 aliphatic carbocycles. The van der Waals surface area contributed by atoms with Gasteiger partial charge in [0.2, 0.25) is 5.95 Å². The van der Waals surface area contributed by atoms with E-state index in [1.165, 1.54) is 5.56 Å². The Morgan fingerprint density at radius 1 is 1.24 bits per heavy atom. The second kappa shape index (κ2) is 5.85. The molecule has 0 atom stereocenters. The van der Waals surface area contributed by atoms with Crippen molar-refractivity contribution in [1.82, 2.24) is 9.97 Å². The largest absolute Gasteiger partial charge is 0.399 e. The van der Waals surface area contributed by atoms with E-state index in [0.717, 1.165) is 28.8 Å². The maximum Gasteiger partial charge on any atom is 0.205 e. The summed E-state index contributed by atoms with van der Waals surface area (Å²) >= 11 is 0. The molecule has 0 saturated heterocycles. The number of nitrogens with one attached hydrogen (secondary N) is 2. The van der Waals surface area contributed by atoms with E-state index in [0.29, 0.717) is 12.6 Å². The maximum absolute atomic E-state index is 5.78. The molecule has 0 aliphatic rings. The zero-order valence-electron chi connectivity index (χ0n) is 11.9. The van der Waals surface area contributed by atoms with Crippen molar-refractivity contribution in [1.29, 1.82) is 0 Å². The molecule has 21 heavy (non-hydrogen) atoms. The highest BCUT2D eigenvalue weighted by atomic mass is 16.5. The monoisotopic (exact) mass is 282 g/mol. The molecule has 2 aromatic carbocycles. The van der Waals surface area contributed by atoms with Gasteiger partial charge in [-0.05, 0) is 36.2 Å². The summed E-state index contributed by atoms with van der Waals surface area (Å²) < 4.78 is 5.15. The van der Waals surface area contributed by atoms with E-state index < -0.39 is 0 Å². The van der Waals surface area contributed by atoms with Crippen molar-refractivity contribution >= 4 is 28.4 Å². The molecule has 3 aromatic rings. The van der Waals surface area contributed by atoms with Crippen LogP contribution in [-0.4, -0.2) is 23.7 Å². The number of para-hydroxylation sites is 1. The van der Waals surface area contributed by atoms with Gasteiger partial charge in [-0.2, -0.15) is 0 Å². The number of nitrogens with two attached hydrogens (primary N) is 1. The Bertz CT molecular complexity index is 751. The number of aromatic nitrogens is 2. The first-order chi connectivity index (χ1) is 10.3. The van der Waals surface area contributed by atoms with Gasteiger partial charge in [0.25, 0.3) is 0 Å². The molecule has 108 valence electrons. The van der Waals surface area contributed by atoms with Crippen molar-refractivity contribution in [3.05, 3.63) is 48.0 Å². The number of aromatic amines is 1. The predicted molar refractivity (Wildman–Crippen MR) is 85.8 cm³/mol. The molecule has 0 amide bonds. The molecular weight excluding hydrogens is 264 g/mol. The molecule has 1 aromatic heterocycles. The van der Waals surface area contributed by atoms with Gasteiger partial charge in [-0.25, -0.2) is 4.98 Å². The number of hydrogen-bond donors (Lipinski definition) is 3. The fourth-order valence-corrected chi connectivity index (χ4v) is 2.29. The number of anilines is 3. The molecule has 0 fully saturated rings. The van der Waals surface area contributed by atoms with E-state index in [2.05, 4.69) is 21.4 Å². The number of fused-ring (bicyclic) bond motifs is 1. The van der Waals surface area contributed by atoms with Gasteiger partial charge in [-0.1, -0.05) is 18.2 Å². The third kappa shape index (κ3) is 2.98. The third-order valence-corrected chi connectivity index (χ3v) is 3.35. The minimum Gasteiger partial charge on any atom is -0.399 e. The Kier molecular flexibility index (Phi) is 3.75. The lowest BCUT2D eigenvalue weighted by atomic mass is 10.1. The van der Waals surface area contributed by atoms with Crippen LogP contribution >= 0.6 is 0 Å². The molecule has 0 unspecified atom stereocenters. The standard InChI is InChI=1S/C16H18N4O/c1-21-9-8-11-4-2-3-5-13(11)18-16-19-14-7-6-12(17)10-15(14)20-16/h2-7,10H,8-9,17H2,1H3,(H2,18,19,20). The van der Waals surface area contributed by atoms with E-state index in [1.54, 1.807) is 7.11 Å². The van der Waals surface area contributed by atoms with Crippen molar-refractivity contribution in [2.75, 3.05) is 24.8 Å². The average molecular weight is 282 g/mol. The van der Waals surface area contributed by atoms with Gasteiger partial charge in [0, 0.05) is 18.5 Å². The first kappa shape index (κ1) is 13.5. The second-order valence-corrected chi connectivity index (χ2v) is 4.89. The van der Waals surface area contributed by atoms with E-state index >= 15 is 0 Å². The lowest BCUT2D eigenvalue weighted by molar-refractivity contribution is 0.202. The molecular formula is C16H18N4O. The lowest BCUT2D eigenvalue weighted by Crippen LogP contribution is -2.00. The van der Waals surface area contributed by atoms with Crippen LogP contribution in [0.1, 0.15) is 5.56 Å². The van der Waals surface area contributed by atoms with Crippen molar-refractivity contribution in [3.8, 4) is 0 Å². The van der Waals surface area contributed by atoms with Gasteiger partial charge in [-0.15, -0.1) is 0 Å². The first-order valence-corrected chi connectivity index (χ1v) is 6.85. The molecule has 5 nitrogen and oxygen atoms in total. The number of nitrogen functional groups attached to an aromatic ring is 1. The van der Waals surface area contributed by atoms with Crippen LogP contribution in [0.25, 0.3) is 11.0 Å². The van der Waals surface area contributed by atoms with Crippen LogP contribution in [0.2, 0.25) is 0 Å². The Labute approximate surface area is 123 Å². The zero-order valence-corrected chi connectivity index (χ0v) is 11.9. The summed E-state index contributed by atoms with van der Waals surface area (Å²) in [5.74, 6) is 0.709. The number of rotatable bonds is 5. The average Bonchev–Trinajstić information content (AvgIpc) is 2.87. The van der Waals surface area contributed by atoms with Gasteiger partial charge in [-0.3, -0.25) is 0 Å². The van der Waals surface area contributed by atoms with Crippen LogP contribution in [0.3, 0.4) is 0 Å². The number of imidazole rings is 1. The van der Waals surface area contributed by atoms with Crippen LogP contribution in [-0.2, 0) is 11.2 Å². The minimum absolute atomic E-state index is 0.690. The van der Waals surface area contributed by atoms with Gasteiger partial charge in [0.15, 0.2) is 0 Å². The number of nitrogens with zero attached hydrogens (tertiary/aromatic N) is 1. The molecule has 3 rings (SSSR count). The van der Waals surface area contributed by atoms with Crippen molar-refractivity contribution in [2.45, 2.75) is 6.42 Å². The molecule has 0 spiro atoms. The summed E-state index contributed by atoms with van der Waals surface area (Å²) in [6.45, 7) is 0.690. The fourth-order valence-electron chi connectivity index (χ4n) is 2.29. The van der Waals surface area contributed by atoms with Crippen LogP contribution in [0.15, 0.2) is 42.5 Å². The molecule has 4 N–H and O–H groups in total. The minimum atomic E-state index is 0.690. The van der Waals surface area contributed by atoms with Gasteiger partial charge in [0.05, 0.1) is 17.6 Å². The van der Waals surface area contributed by atoms with E-state index in [-0.39, 0.29) is 0 Å². The van der Waals surface area contributed by atoms with E-state index in [1.807, 2.05) is 36.4 Å². The highest BCUT2D eigenvalue weighted by Crippen LogP contribution is 2.22. The van der Waals surface area contributed by atoms with Gasteiger partial charge >= 0.3 is 0 Å². The quantitative estimate of drug-likeness (QED) is 0.629. The summed E-state index contributed by atoms with van der Waals surface area (Å²) in [5.41, 5.74) is 10.5. The van der Waals surface area contributed by atoms with Crippen LogP contribution in [0, 0.1) is 0 Å². The highest BCUT2D eigenvalue weighted by molar-refractivity contribution is 5.81. The number of hydrogen-bond acceptors (Lipinski definition) is 4. The number of H-pyrrole nitrogens is 1. The zero-order chi connectivity index (χ0) is 14.7. The normalized spacial score (nSPS) is 10.9. The predicted octanol–water partition coefficient (Wildman–Crippen LogP) is 3.08. The SMILES string of the molecule is COCCc1ccccc1Nc1nc2ccc(N)cc2[nH]1. The van der Waals surface area contributed by atoms with E-state index in [9.17, 15) is 0 Å². The topological polar surface area (TPSA) is 76.0 Å². The number of ether oxygens (including phenoxy) is 1. The molecule has 0 aliphatic heterocycles. The summed E-state index contributed by atoms with van der Waals surface area (Å²) in [5, 5.41) is 3.33. The summed E-state index contributed by atoms with van der Waals surface area (Å²) in [7, 11) is 1.71. The Hall–Kier alpha value is -2.53. The van der Waals surface area contributed by atoms with Crippen molar-refractivity contribution in [2.24, 2.45) is 0 Å². The molecule has 1 heterocycles. The van der Waals surface area contributed by atoms with Crippen molar-refractivity contribution in [3.63, 3.8) is 0 Å². The Morgan fingerprint density at radius 3 is 2.95 bits per heavy atom. The summed E-state index contributed by atoms with van der Waals surface area (Å²) in [6, 6.07) is 13.8. The first-order valence-electron chi connectivity index (χ1n) is 6.85. The summed E-state index contributed by atoms with van der Waals surface area (Å²) in [6.07, 6.45) is 0.854. The van der Waals surface area contributed by atoms with Gasteiger partial charge in [0.1, 0.15) is 0 Å².